The van der Waals surface area contributed by atoms with Crippen LogP contribution in [-0.2, 0) is 4.74 Å². The number of esters is 1. The minimum atomic E-state index is -0.485. The van der Waals surface area contributed by atoms with Crippen LogP contribution in [0.15, 0.2) is 18.3 Å². The average molecular weight is 304 g/mol. The van der Waals surface area contributed by atoms with Gasteiger partial charge in [0, 0.05) is 17.6 Å². The van der Waals surface area contributed by atoms with E-state index in [4.69, 9.17) is 19.9 Å². The van der Waals surface area contributed by atoms with E-state index in [0.29, 0.717) is 41.3 Å². The summed E-state index contributed by atoms with van der Waals surface area (Å²) in [6.07, 6.45) is 1.42. The first kappa shape index (κ1) is 15.9. The van der Waals surface area contributed by atoms with Crippen molar-refractivity contribution in [2.75, 3.05) is 25.6 Å². The number of nitrogens with two attached hydrogens (primary N) is 1. The van der Waals surface area contributed by atoms with Crippen molar-refractivity contribution in [1.29, 1.82) is 0 Å². The van der Waals surface area contributed by atoms with Crippen molar-refractivity contribution in [2.45, 2.75) is 20.8 Å². The van der Waals surface area contributed by atoms with Crippen LogP contribution in [0.4, 0.5) is 5.69 Å². The summed E-state index contributed by atoms with van der Waals surface area (Å²) < 4.78 is 16.1. The maximum Gasteiger partial charge on any atom is 0.341 e. The average Bonchev–Trinajstić information content (AvgIpc) is 2.49. The highest BCUT2D eigenvalue weighted by atomic mass is 16.5. The molecule has 0 radical (unpaired) electrons. The monoisotopic (exact) mass is 304 g/mol. The van der Waals surface area contributed by atoms with E-state index in [1.54, 1.807) is 19.1 Å². The topological polar surface area (TPSA) is 83.7 Å². The number of carbonyl (C=O) groups is 1. The Morgan fingerprint density at radius 3 is 2.32 bits per heavy atom. The second-order valence-corrected chi connectivity index (χ2v) is 4.49. The quantitative estimate of drug-likeness (QED) is 0.826. The second-order valence-electron chi connectivity index (χ2n) is 4.49. The fourth-order valence-electron chi connectivity index (χ4n) is 2.13. The molecule has 0 spiro atoms. The smallest absolute Gasteiger partial charge is 0.341 e. The van der Waals surface area contributed by atoms with Crippen LogP contribution in [0.3, 0.4) is 0 Å². The van der Waals surface area contributed by atoms with Crippen LogP contribution in [-0.4, -0.2) is 30.8 Å². The van der Waals surface area contributed by atoms with Crippen LogP contribution >= 0.6 is 0 Å². The molecule has 0 saturated carbocycles. The molecule has 118 valence electrons. The van der Waals surface area contributed by atoms with Gasteiger partial charge in [0.1, 0.15) is 5.56 Å². The fourth-order valence-corrected chi connectivity index (χ4v) is 2.13. The molecule has 0 atom stereocenters. The van der Waals surface area contributed by atoms with Crippen molar-refractivity contribution in [3.8, 4) is 11.5 Å². The highest BCUT2D eigenvalue weighted by Crippen LogP contribution is 2.35. The predicted molar refractivity (Wildman–Crippen MR) is 84.4 cm³/mol. The summed E-state index contributed by atoms with van der Waals surface area (Å²) in [5.41, 5.74) is 7.32. The van der Waals surface area contributed by atoms with Gasteiger partial charge >= 0.3 is 5.97 Å². The molecule has 6 heteroatoms. The van der Waals surface area contributed by atoms with Crippen LogP contribution in [0.25, 0.3) is 10.9 Å². The van der Waals surface area contributed by atoms with E-state index < -0.39 is 5.97 Å². The Kier molecular flexibility index (Phi) is 5.04. The number of aromatic nitrogens is 1. The second kappa shape index (κ2) is 6.98. The fraction of sp³-hybridized carbons (Fsp3) is 0.375. The molecular formula is C16H20N2O4. The molecule has 1 heterocycles. The predicted octanol–water partition coefficient (Wildman–Crippen LogP) is 2.79. The van der Waals surface area contributed by atoms with Crippen LogP contribution in [0.1, 0.15) is 31.1 Å². The van der Waals surface area contributed by atoms with E-state index in [1.807, 2.05) is 13.8 Å². The van der Waals surface area contributed by atoms with Crippen LogP contribution in [0, 0.1) is 0 Å². The van der Waals surface area contributed by atoms with Gasteiger partial charge in [0.15, 0.2) is 11.5 Å². The van der Waals surface area contributed by atoms with Crippen molar-refractivity contribution >= 4 is 22.6 Å². The Morgan fingerprint density at radius 1 is 1.09 bits per heavy atom. The third kappa shape index (κ3) is 3.05. The van der Waals surface area contributed by atoms with Crippen molar-refractivity contribution in [1.82, 2.24) is 4.98 Å². The normalized spacial score (nSPS) is 10.5. The third-order valence-corrected chi connectivity index (χ3v) is 3.07. The summed E-state index contributed by atoms with van der Waals surface area (Å²) in [5.74, 6) is 0.695. The van der Waals surface area contributed by atoms with Crippen LogP contribution < -0.4 is 15.2 Å². The molecule has 0 bridgehead atoms. The number of carbonyl (C=O) groups excluding carboxylic acids is 1. The molecule has 2 rings (SSSR count). The molecule has 22 heavy (non-hydrogen) atoms. The van der Waals surface area contributed by atoms with E-state index >= 15 is 0 Å². The van der Waals surface area contributed by atoms with Gasteiger partial charge in [-0.05, 0) is 26.8 Å². The van der Waals surface area contributed by atoms with Crippen LogP contribution in [0.5, 0.6) is 11.5 Å². The van der Waals surface area contributed by atoms with Gasteiger partial charge in [-0.3, -0.25) is 4.98 Å². The molecule has 1 aromatic heterocycles. The van der Waals surface area contributed by atoms with E-state index in [1.165, 1.54) is 6.20 Å². The molecule has 6 nitrogen and oxygen atoms in total. The number of ether oxygens (including phenoxy) is 3. The van der Waals surface area contributed by atoms with Gasteiger partial charge in [0.2, 0.25) is 0 Å². The first-order valence-electron chi connectivity index (χ1n) is 7.27. The van der Waals surface area contributed by atoms with Gasteiger partial charge in [-0.25, -0.2) is 4.79 Å². The Balaban J connectivity index is 2.58. The summed E-state index contributed by atoms with van der Waals surface area (Å²) in [6.45, 7) is 6.81. The maximum atomic E-state index is 11.9. The molecule has 1 aromatic carbocycles. The van der Waals surface area contributed by atoms with Gasteiger partial charge in [0.05, 0.1) is 31.0 Å². The zero-order valence-corrected chi connectivity index (χ0v) is 13.0. The summed E-state index contributed by atoms with van der Waals surface area (Å²) in [7, 11) is 0. The first-order valence-corrected chi connectivity index (χ1v) is 7.27. The minimum Gasteiger partial charge on any atom is -0.490 e. The number of rotatable bonds is 6. The molecule has 0 amide bonds. The summed E-state index contributed by atoms with van der Waals surface area (Å²) in [6, 6.07) is 3.50. The molecular weight excluding hydrogens is 284 g/mol. The Hall–Kier alpha value is -2.50. The lowest BCUT2D eigenvalue weighted by Gasteiger charge is -2.14. The number of nitrogens with zero attached hydrogens (tertiary/aromatic N) is 1. The SMILES string of the molecule is CCOC(=O)c1cnc2cc(OCC)c(OCC)cc2c1N. The van der Waals surface area contributed by atoms with Crippen molar-refractivity contribution < 1.29 is 19.0 Å². The summed E-state index contributed by atoms with van der Waals surface area (Å²) >= 11 is 0. The van der Waals surface area contributed by atoms with E-state index in [9.17, 15) is 4.79 Å². The number of hydrogen-bond acceptors (Lipinski definition) is 6. The molecule has 0 aliphatic carbocycles. The largest absolute Gasteiger partial charge is 0.490 e. The standard InChI is InChI=1S/C16H20N2O4/c1-4-20-13-7-10-12(8-14(13)21-5-2)18-9-11(15(10)17)16(19)22-6-3/h7-9H,4-6H2,1-3H3,(H2,17,18). The van der Waals surface area contributed by atoms with Crippen molar-refractivity contribution in [3.63, 3.8) is 0 Å². The maximum absolute atomic E-state index is 11.9. The third-order valence-electron chi connectivity index (χ3n) is 3.07. The highest BCUT2D eigenvalue weighted by molar-refractivity contribution is 6.04. The summed E-state index contributed by atoms with van der Waals surface area (Å²) in [5, 5.41) is 0.637. The lowest BCUT2D eigenvalue weighted by atomic mass is 10.1. The van der Waals surface area contributed by atoms with Gasteiger partial charge in [-0.1, -0.05) is 0 Å². The number of benzene rings is 1. The summed E-state index contributed by atoms with van der Waals surface area (Å²) in [4.78, 5) is 16.2. The number of pyridine rings is 1. The van der Waals surface area contributed by atoms with E-state index in [2.05, 4.69) is 4.98 Å². The number of hydrogen-bond donors (Lipinski definition) is 1. The molecule has 0 unspecified atom stereocenters. The van der Waals surface area contributed by atoms with Crippen LogP contribution in [0.2, 0.25) is 0 Å². The highest BCUT2D eigenvalue weighted by Gasteiger charge is 2.17. The number of fused-ring (bicyclic) bond motifs is 1. The lowest BCUT2D eigenvalue weighted by molar-refractivity contribution is 0.0527. The van der Waals surface area contributed by atoms with Crippen molar-refractivity contribution in [2.24, 2.45) is 0 Å². The molecule has 0 fully saturated rings. The molecule has 2 N–H and O–H groups in total. The molecule has 0 saturated heterocycles. The first-order chi connectivity index (χ1) is 10.6. The Morgan fingerprint density at radius 2 is 1.73 bits per heavy atom. The van der Waals surface area contributed by atoms with E-state index in [0.717, 1.165) is 0 Å². The Labute approximate surface area is 129 Å². The zero-order valence-electron chi connectivity index (χ0n) is 13.0. The van der Waals surface area contributed by atoms with Gasteiger partial charge in [0.25, 0.3) is 0 Å². The van der Waals surface area contributed by atoms with E-state index in [-0.39, 0.29) is 12.2 Å². The lowest BCUT2D eigenvalue weighted by Crippen LogP contribution is -2.09. The number of nitrogen functional groups attached to an aromatic ring is 1. The van der Waals surface area contributed by atoms with Gasteiger partial charge in [-0.2, -0.15) is 0 Å². The minimum absolute atomic E-state index is 0.251. The van der Waals surface area contributed by atoms with Crippen molar-refractivity contribution in [3.05, 3.63) is 23.9 Å². The Bertz CT molecular complexity index is 685. The zero-order chi connectivity index (χ0) is 16.1. The van der Waals surface area contributed by atoms with Gasteiger partial charge in [-0.15, -0.1) is 0 Å². The molecule has 0 aliphatic heterocycles. The number of anilines is 1. The van der Waals surface area contributed by atoms with Gasteiger partial charge < -0.3 is 19.9 Å². The molecule has 0 aliphatic rings. The molecule has 2 aromatic rings.